The first-order valence-corrected chi connectivity index (χ1v) is 5.42. The van der Waals surface area contributed by atoms with Crippen LogP contribution in [0.4, 0.5) is 0 Å². The van der Waals surface area contributed by atoms with E-state index >= 15 is 0 Å². The fraction of sp³-hybridized carbons (Fsp3) is 0.750. The number of rotatable bonds is 5. The Labute approximate surface area is 88.0 Å². The molecule has 0 radical (unpaired) electrons. The monoisotopic (exact) mass is 197 g/mol. The predicted octanol–water partition coefficient (Wildman–Crippen LogP) is 2.99. The largest absolute Gasteiger partial charge is 0.334 e. The van der Waals surface area contributed by atoms with Gasteiger partial charge in [-0.1, -0.05) is 19.9 Å². The molecule has 0 aromatic carbocycles. The Hall–Kier alpha value is -0.790. The van der Waals surface area contributed by atoms with Gasteiger partial charge in [0.15, 0.2) is 0 Å². The van der Waals surface area contributed by atoms with Crippen molar-refractivity contribution in [2.75, 3.05) is 0 Å². The van der Waals surface area contributed by atoms with Crippen LogP contribution >= 0.6 is 0 Å². The van der Waals surface area contributed by atoms with E-state index in [1.807, 2.05) is 32.6 Å². The van der Waals surface area contributed by atoms with Crippen molar-refractivity contribution >= 4 is 5.91 Å². The van der Waals surface area contributed by atoms with Crippen molar-refractivity contribution in [1.82, 2.24) is 4.90 Å². The van der Waals surface area contributed by atoms with Crippen molar-refractivity contribution in [3.63, 3.8) is 0 Å². The van der Waals surface area contributed by atoms with Crippen molar-refractivity contribution in [2.45, 2.75) is 59.5 Å². The van der Waals surface area contributed by atoms with Gasteiger partial charge in [0.2, 0.25) is 5.91 Å². The molecule has 0 fully saturated rings. The standard InChI is InChI=1S/C12H23NO/c1-7-8-11(6)12(14)13(9(2)3)10(4)5/h9-10H,6-8H2,1-5H3. The van der Waals surface area contributed by atoms with Gasteiger partial charge < -0.3 is 4.90 Å². The average Bonchev–Trinajstić information content (AvgIpc) is 2.03. The third kappa shape index (κ3) is 3.52. The number of hydrogen-bond acceptors (Lipinski definition) is 1. The van der Waals surface area contributed by atoms with Gasteiger partial charge in [0.1, 0.15) is 0 Å². The molecule has 82 valence electrons. The van der Waals surface area contributed by atoms with E-state index < -0.39 is 0 Å². The normalized spacial score (nSPS) is 10.8. The maximum absolute atomic E-state index is 11.9. The highest BCUT2D eigenvalue weighted by molar-refractivity contribution is 5.93. The molecular formula is C12H23NO. The summed E-state index contributed by atoms with van der Waals surface area (Å²) in [6.07, 6.45) is 1.78. The van der Waals surface area contributed by atoms with Gasteiger partial charge in [-0.05, 0) is 34.1 Å². The van der Waals surface area contributed by atoms with E-state index in [9.17, 15) is 4.79 Å². The summed E-state index contributed by atoms with van der Waals surface area (Å²) in [4.78, 5) is 13.8. The second kappa shape index (κ2) is 5.84. The molecule has 0 heterocycles. The molecule has 0 saturated heterocycles. The van der Waals surface area contributed by atoms with Crippen LogP contribution in [-0.4, -0.2) is 22.9 Å². The highest BCUT2D eigenvalue weighted by Gasteiger charge is 2.21. The molecule has 0 N–H and O–H groups in total. The number of amides is 1. The maximum Gasteiger partial charge on any atom is 0.249 e. The summed E-state index contributed by atoms with van der Waals surface area (Å²) < 4.78 is 0. The van der Waals surface area contributed by atoms with Crippen molar-refractivity contribution in [3.05, 3.63) is 12.2 Å². The minimum Gasteiger partial charge on any atom is -0.334 e. The quantitative estimate of drug-likeness (QED) is 0.620. The van der Waals surface area contributed by atoms with Crippen LogP contribution < -0.4 is 0 Å². The Balaban J connectivity index is 4.52. The van der Waals surface area contributed by atoms with Crippen LogP contribution in [0.3, 0.4) is 0 Å². The second-order valence-corrected chi connectivity index (χ2v) is 4.25. The SMILES string of the molecule is C=C(CCC)C(=O)N(C(C)C)C(C)C. The summed E-state index contributed by atoms with van der Waals surface area (Å²) in [5.41, 5.74) is 0.731. The Morgan fingerprint density at radius 3 is 1.93 bits per heavy atom. The van der Waals surface area contributed by atoms with E-state index in [1.165, 1.54) is 0 Å². The first kappa shape index (κ1) is 13.2. The Morgan fingerprint density at radius 2 is 1.64 bits per heavy atom. The van der Waals surface area contributed by atoms with Crippen molar-refractivity contribution < 1.29 is 4.79 Å². The zero-order valence-electron chi connectivity index (χ0n) is 10.1. The van der Waals surface area contributed by atoms with E-state index in [0.717, 1.165) is 18.4 Å². The molecule has 14 heavy (non-hydrogen) atoms. The van der Waals surface area contributed by atoms with Crippen LogP contribution in [-0.2, 0) is 4.79 Å². The topological polar surface area (TPSA) is 20.3 Å². The fourth-order valence-corrected chi connectivity index (χ4v) is 1.66. The van der Waals surface area contributed by atoms with Crippen LogP contribution in [0.15, 0.2) is 12.2 Å². The van der Waals surface area contributed by atoms with Crippen LogP contribution in [0.1, 0.15) is 47.5 Å². The molecule has 0 bridgehead atoms. The van der Waals surface area contributed by atoms with E-state index in [2.05, 4.69) is 13.5 Å². The van der Waals surface area contributed by atoms with Crippen LogP contribution in [0.2, 0.25) is 0 Å². The zero-order valence-corrected chi connectivity index (χ0v) is 10.1. The molecule has 0 aromatic heterocycles. The van der Waals surface area contributed by atoms with Gasteiger partial charge in [-0.25, -0.2) is 0 Å². The number of nitrogens with zero attached hydrogens (tertiary/aromatic N) is 1. The summed E-state index contributed by atoms with van der Waals surface area (Å²) in [7, 11) is 0. The molecule has 0 saturated carbocycles. The van der Waals surface area contributed by atoms with Crippen molar-refractivity contribution in [2.24, 2.45) is 0 Å². The molecule has 2 heteroatoms. The van der Waals surface area contributed by atoms with E-state index in [-0.39, 0.29) is 18.0 Å². The Kier molecular flexibility index (Phi) is 5.51. The van der Waals surface area contributed by atoms with Gasteiger partial charge in [0, 0.05) is 17.7 Å². The molecule has 0 rings (SSSR count). The Morgan fingerprint density at radius 1 is 1.21 bits per heavy atom. The first-order chi connectivity index (χ1) is 6.41. The number of hydrogen-bond donors (Lipinski definition) is 0. The van der Waals surface area contributed by atoms with E-state index in [4.69, 9.17) is 0 Å². The van der Waals surface area contributed by atoms with Gasteiger partial charge in [-0.15, -0.1) is 0 Å². The van der Waals surface area contributed by atoms with Gasteiger partial charge in [0.25, 0.3) is 0 Å². The molecule has 1 amide bonds. The second-order valence-electron chi connectivity index (χ2n) is 4.25. The molecule has 0 unspecified atom stereocenters. The lowest BCUT2D eigenvalue weighted by atomic mass is 10.1. The molecule has 0 aromatic rings. The maximum atomic E-state index is 11.9. The lowest BCUT2D eigenvalue weighted by molar-refractivity contribution is -0.130. The lowest BCUT2D eigenvalue weighted by Gasteiger charge is -2.31. The number of carbonyl (C=O) groups is 1. The van der Waals surface area contributed by atoms with Crippen molar-refractivity contribution in [1.29, 1.82) is 0 Å². The average molecular weight is 197 g/mol. The molecule has 0 aliphatic rings. The van der Waals surface area contributed by atoms with Crippen LogP contribution in [0, 0.1) is 0 Å². The predicted molar refractivity (Wildman–Crippen MR) is 61.2 cm³/mol. The minimum absolute atomic E-state index is 0.108. The molecular weight excluding hydrogens is 174 g/mol. The molecule has 2 nitrogen and oxygen atoms in total. The summed E-state index contributed by atoms with van der Waals surface area (Å²) in [5.74, 6) is 0.108. The van der Waals surface area contributed by atoms with Gasteiger partial charge in [-0.2, -0.15) is 0 Å². The van der Waals surface area contributed by atoms with Gasteiger partial charge in [-0.3, -0.25) is 4.79 Å². The Bertz CT molecular complexity index is 198. The molecule has 0 aliphatic heterocycles. The zero-order chi connectivity index (χ0) is 11.3. The summed E-state index contributed by atoms with van der Waals surface area (Å²) in [5, 5.41) is 0. The van der Waals surface area contributed by atoms with Crippen LogP contribution in [0.5, 0.6) is 0 Å². The summed E-state index contributed by atoms with van der Waals surface area (Å²) in [6.45, 7) is 14.1. The highest BCUT2D eigenvalue weighted by atomic mass is 16.2. The lowest BCUT2D eigenvalue weighted by Crippen LogP contribution is -2.42. The highest BCUT2D eigenvalue weighted by Crippen LogP contribution is 2.13. The summed E-state index contributed by atoms with van der Waals surface area (Å²) >= 11 is 0. The molecule has 0 aliphatic carbocycles. The third-order valence-corrected chi connectivity index (χ3v) is 2.20. The first-order valence-electron chi connectivity index (χ1n) is 5.42. The smallest absolute Gasteiger partial charge is 0.249 e. The fourth-order valence-electron chi connectivity index (χ4n) is 1.66. The molecule has 0 spiro atoms. The summed E-state index contributed by atoms with van der Waals surface area (Å²) in [6, 6.07) is 0.493. The minimum atomic E-state index is 0.108. The van der Waals surface area contributed by atoms with Gasteiger partial charge >= 0.3 is 0 Å². The third-order valence-electron chi connectivity index (χ3n) is 2.20. The van der Waals surface area contributed by atoms with Gasteiger partial charge in [0.05, 0.1) is 0 Å². The van der Waals surface area contributed by atoms with Crippen LogP contribution in [0.25, 0.3) is 0 Å². The number of carbonyl (C=O) groups excluding carboxylic acids is 1. The van der Waals surface area contributed by atoms with E-state index in [1.54, 1.807) is 0 Å². The van der Waals surface area contributed by atoms with Crippen molar-refractivity contribution in [3.8, 4) is 0 Å². The molecule has 0 atom stereocenters. The van der Waals surface area contributed by atoms with E-state index in [0.29, 0.717) is 0 Å².